The number of nitro benzene ring substituents is 1. The predicted octanol–water partition coefficient (Wildman–Crippen LogP) is 5.24. The molecule has 0 atom stereocenters. The molecule has 4 nitrogen and oxygen atoms in total. The molecular formula is C19H20ClFN2O2. The maximum absolute atomic E-state index is 13.2. The number of aryl methyl sites for hydroxylation is 1. The van der Waals surface area contributed by atoms with Crippen LogP contribution in [-0.2, 0) is 6.42 Å². The van der Waals surface area contributed by atoms with Crippen LogP contribution in [0.3, 0.4) is 0 Å². The largest absolute Gasteiger partial charge is 0.370 e. The van der Waals surface area contributed by atoms with Crippen LogP contribution >= 0.6 is 11.6 Å². The zero-order valence-electron chi connectivity index (χ0n) is 13.8. The Hall–Kier alpha value is -2.14. The third-order valence-corrected chi connectivity index (χ3v) is 5.13. The Balaban J connectivity index is 1.54. The van der Waals surface area contributed by atoms with Crippen molar-refractivity contribution in [1.29, 1.82) is 0 Å². The van der Waals surface area contributed by atoms with Crippen molar-refractivity contribution >= 4 is 23.0 Å². The van der Waals surface area contributed by atoms with Gasteiger partial charge in [0, 0.05) is 25.2 Å². The lowest BCUT2D eigenvalue weighted by Gasteiger charge is -2.34. The number of non-ortho nitro benzene ring substituents is 1. The second kappa shape index (κ2) is 7.83. The van der Waals surface area contributed by atoms with Gasteiger partial charge < -0.3 is 4.90 Å². The van der Waals surface area contributed by atoms with Gasteiger partial charge in [-0.05, 0) is 55.4 Å². The number of piperidine rings is 1. The molecular weight excluding hydrogens is 343 g/mol. The molecule has 0 radical (unpaired) electrons. The van der Waals surface area contributed by atoms with Gasteiger partial charge in [-0.1, -0.05) is 23.7 Å². The van der Waals surface area contributed by atoms with E-state index in [-0.39, 0.29) is 11.5 Å². The summed E-state index contributed by atoms with van der Waals surface area (Å²) in [5.41, 5.74) is 1.91. The Morgan fingerprint density at radius 1 is 1.20 bits per heavy atom. The van der Waals surface area contributed by atoms with E-state index >= 15 is 0 Å². The zero-order valence-corrected chi connectivity index (χ0v) is 14.6. The van der Waals surface area contributed by atoms with Crippen molar-refractivity contribution in [2.45, 2.75) is 25.7 Å². The highest BCUT2D eigenvalue weighted by Gasteiger charge is 2.22. The third kappa shape index (κ3) is 4.48. The molecule has 0 unspecified atom stereocenters. The number of halogens is 2. The molecule has 0 bridgehead atoms. The fourth-order valence-corrected chi connectivity index (χ4v) is 3.69. The summed E-state index contributed by atoms with van der Waals surface area (Å²) in [5.74, 6) is 0.427. The van der Waals surface area contributed by atoms with Crippen LogP contribution in [0.25, 0.3) is 0 Å². The van der Waals surface area contributed by atoms with Gasteiger partial charge in [-0.2, -0.15) is 0 Å². The Bertz CT molecular complexity index is 761. The van der Waals surface area contributed by atoms with E-state index in [1.165, 1.54) is 18.2 Å². The van der Waals surface area contributed by atoms with Crippen molar-refractivity contribution in [3.8, 4) is 0 Å². The molecule has 0 N–H and O–H groups in total. The molecule has 1 fully saturated rings. The Morgan fingerprint density at radius 3 is 2.60 bits per heavy atom. The number of rotatable bonds is 5. The van der Waals surface area contributed by atoms with Crippen LogP contribution in [0, 0.1) is 21.8 Å². The van der Waals surface area contributed by atoms with Gasteiger partial charge in [0.1, 0.15) is 5.82 Å². The van der Waals surface area contributed by atoms with Crippen LogP contribution in [0.2, 0.25) is 5.02 Å². The van der Waals surface area contributed by atoms with Gasteiger partial charge in [0.25, 0.3) is 5.69 Å². The maximum Gasteiger partial charge on any atom is 0.271 e. The van der Waals surface area contributed by atoms with E-state index in [2.05, 4.69) is 4.90 Å². The zero-order chi connectivity index (χ0) is 17.8. The minimum absolute atomic E-state index is 0.0127. The van der Waals surface area contributed by atoms with E-state index in [9.17, 15) is 14.5 Å². The second-order valence-electron chi connectivity index (χ2n) is 6.49. The number of benzene rings is 2. The molecule has 0 saturated carbocycles. The van der Waals surface area contributed by atoms with Crippen LogP contribution in [0.5, 0.6) is 0 Å². The van der Waals surface area contributed by atoms with Crippen LogP contribution in [-0.4, -0.2) is 18.0 Å². The lowest BCUT2D eigenvalue weighted by Crippen LogP contribution is -2.34. The highest BCUT2D eigenvalue weighted by Crippen LogP contribution is 2.33. The summed E-state index contributed by atoms with van der Waals surface area (Å²) in [4.78, 5) is 12.6. The highest BCUT2D eigenvalue weighted by atomic mass is 35.5. The molecule has 3 rings (SSSR count). The van der Waals surface area contributed by atoms with Crippen molar-refractivity contribution < 1.29 is 9.31 Å². The number of anilines is 1. The molecule has 1 aliphatic rings. The first kappa shape index (κ1) is 17.7. The summed E-state index contributed by atoms with van der Waals surface area (Å²) in [6.07, 6.45) is 4.03. The number of hydrogen-bond acceptors (Lipinski definition) is 3. The van der Waals surface area contributed by atoms with Gasteiger partial charge >= 0.3 is 0 Å². The number of nitro groups is 1. The lowest BCUT2D eigenvalue weighted by molar-refractivity contribution is -0.384. The first-order valence-electron chi connectivity index (χ1n) is 8.46. The van der Waals surface area contributed by atoms with E-state index < -0.39 is 4.92 Å². The molecule has 0 spiro atoms. The minimum Gasteiger partial charge on any atom is -0.370 e. The summed E-state index contributed by atoms with van der Waals surface area (Å²) in [5, 5.41) is 11.2. The molecule has 2 aromatic rings. The summed E-state index contributed by atoms with van der Waals surface area (Å²) in [6, 6.07) is 11.4. The fraction of sp³-hybridized carbons (Fsp3) is 0.368. The smallest absolute Gasteiger partial charge is 0.271 e. The van der Waals surface area contributed by atoms with Gasteiger partial charge in [-0.25, -0.2) is 4.39 Å². The predicted molar refractivity (Wildman–Crippen MR) is 97.8 cm³/mol. The number of hydrogen-bond donors (Lipinski definition) is 0. The van der Waals surface area contributed by atoms with Crippen LogP contribution in [0.1, 0.15) is 24.8 Å². The average molecular weight is 363 g/mol. The summed E-state index contributed by atoms with van der Waals surface area (Å²) < 4.78 is 13.2. The van der Waals surface area contributed by atoms with Crippen molar-refractivity contribution in [2.75, 3.05) is 18.0 Å². The summed E-state index contributed by atoms with van der Waals surface area (Å²) in [7, 11) is 0. The minimum atomic E-state index is -0.436. The lowest BCUT2D eigenvalue weighted by atomic mass is 9.90. The van der Waals surface area contributed by atoms with Gasteiger partial charge in [0.2, 0.25) is 0 Å². The van der Waals surface area contributed by atoms with Crippen LogP contribution < -0.4 is 4.90 Å². The van der Waals surface area contributed by atoms with Gasteiger partial charge in [-0.15, -0.1) is 0 Å². The van der Waals surface area contributed by atoms with Crippen LogP contribution in [0.15, 0.2) is 42.5 Å². The van der Waals surface area contributed by atoms with Crippen LogP contribution in [0.4, 0.5) is 15.8 Å². The molecule has 1 saturated heterocycles. The molecule has 25 heavy (non-hydrogen) atoms. The Labute approximate surface area is 151 Å². The quantitative estimate of drug-likeness (QED) is 0.540. The van der Waals surface area contributed by atoms with E-state index in [1.54, 1.807) is 18.2 Å². The van der Waals surface area contributed by atoms with Gasteiger partial charge in [-0.3, -0.25) is 10.1 Å². The fourth-order valence-electron chi connectivity index (χ4n) is 3.39. The topological polar surface area (TPSA) is 46.4 Å². The molecule has 0 aliphatic carbocycles. The normalized spacial score (nSPS) is 15.4. The molecule has 132 valence electrons. The molecule has 0 amide bonds. The van der Waals surface area contributed by atoms with E-state index in [0.29, 0.717) is 10.9 Å². The SMILES string of the molecule is O=[N+]([O-])c1ccc(N2CCC(CCc3cccc(F)c3)CC2)c(Cl)c1. The molecule has 6 heteroatoms. The molecule has 1 heterocycles. The standard InChI is InChI=1S/C19H20ClFN2O2/c20-18-13-17(23(24)25)6-7-19(18)22-10-8-14(9-11-22)4-5-15-2-1-3-16(21)12-15/h1-3,6-7,12-14H,4-5,8-11H2. The van der Waals surface area contributed by atoms with Crippen molar-refractivity contribution in [2.24, 2.45) is 5.92 Å². The summed E-state index contributed by atoms with van der Waals surface area (Å²) >= 11 is 6.22. The number of nitrogens with zero attached hydrogens (tertiary/aromatic N) is 2. The first-order valence-corrected chi connectivity index (χ1v) is 8.84. The van der Waals surface area contributed by atoms with Crippen molar-refractivity contribution in [1.82, 2.24) is 0 Å². The Morgan fingerprint density at radius 2 is 1.96 bits per heavy atom. The first-order chi connectivity index (χ1) is 12.0. The third-order valence-electron chi connectivity index (χ3n) is 4.83. The monoisotopic (exact) mass is 362 g/mol. The highest BCUT2D eigenvalue weighted by molar-refractivity contribution is 6.33. The Kier molecular flexibility index (Phi) is 5.53. The summed E-state index contributed by atoms with van der Waals surface area (Å²) in [6.45, 7) is 1.76. The van der Waals surface area contributed by atoms with Crippen molar-refractivity contribution in [3.05, 3.63) is 69.0 Å². The van der Waals surface area contributed by atoms with Gasteiger partial charge in [0.15, 0.2) is 0 Å². The van der Waals surface area contributed by atoms with Crippen molar-refractivity contribution in [3.63, 3.8) is 0 Å². The van der Waals surface area contributed by atoms with E-state index in [1.807, 2.05) is 6.07 Å². The average Bonchev–Trinajstić information content (AvgIpc) is 2.60. The molecule has 0 aromatic heterocycles. The van der Waals surface area contributed by atoms with E-state index in [0.717, 1.165) is 50.0 Å². The second-order valence-corrected chi connectivity index (χ2v) is 6.90. The molecule has 2 aromatic carbocycles. The van der Waals surface area contributed by atoms with E-state index in [4.69, 9.17) is 11.6 Å². The molecule has 1 aliphatic heterocycles. The maximum atomic E-state index is 13.2. The van der Waals surface area contributed by atoms with Gasteiger partial charge in [0.05, 0.1) is 15.6 Å².